The van der Waals surface area contributed by atoms with Gasteiger partial charge in [-0.3, -0.25) is 9.63 Å². The van der Waals surface area contributed by atoms with E-state index in [4.69, 9.17) is 16.4 Å². The summed E-state index contributed by atoms with van der Waals surface area (Å²) in [6.45, 7) is 2.65. The van der Waals surface area contributed by atoms with Gasteiger partial charge in [0.1, 0.15) is 0 Å². The molecular formula is C18H21ClN2O4S. The fraction of sp³-hybridized carbons (Fsp3) is 0.278. The van der Waals surface area contributed by atoms with Gasteiger partial charge in [-0.15, -0.1) is 0 Å². The van der Waals surface area contributed by atoms with Crippen LogP contribution >= 0.6 is 11.6 Å². The summed E-state index contributed by atoms with van der Waals surface area (Å²) < 4.78 is 25.5. The monoisotopic (exact) mass is 396 g/mol. The number of sulfonamides is 1. The fourth-order valence-electron chi connectivity index (χ4n) is 2.38. The lowest BCUT2D eigenvalue weighted by Crippen LogP contribution is -2.31. The van der Waals surface area contributed by atoms with Crippen LogP contribution in [0.4, 0.5) is 0 Å². The second-order valence-corrected chi connectivity index (χ2v) is 7.88. The van der Waals surface area contributed by atoms with Crippen LogP contribution in [0.3, 0.4) is 0 Å². The second-order valence-electron chi connectivity index (χ2n) is 5.54. The summed E-state index contributed by atoms with van der Waals surface area (Å²) in [5, 5.41) is 0.580. The van der Waals surface area contributed by atoms with Crippen molar-refractivity contribution in [2.75, 3.05) is 20.7 Å². The molecule has 0 atom stereocenters. The zero-order valence-corrected chi connectivity index (χ0v) is 16.4. The minimum absolute atomic E-state index is 0.0125. The van der Waals surface area contributed by atoms with Gasteiger partial charge < -0.3 is 4.90 Å². The van der Waals surface area contributed by atoms with Gasteiger partial charge in [-0.25, -0.2) is 8.42 Å². The smallest absolute Gasteiger partial charge is 0.264 e. The van der Waals surface area contributed by atoms with Gasteiger partial charge in [0, 0.05) is 30.7 Å². The lowest BCUT2D eigenvalue weighted by atomic mass is 10.1. The molecule has 2 rings (SSSR count). The summed E-state index contributed by atoms with van der Waals surface area (Å²) in [5.41, 5.74) is 1.11. The van der Waals surface area contributed by atoms with E-state index in [1.807, 2.05) is 25.1 Å². The van der Waals surface area contributed by atoms with Crippen LogP contribution in [0.15, 0.2) is 53.4 Å². The molecule has 0 unspecified atom stereocenters. The number of halogens is 1. The van der Waals surface area contributed by atoms with Gasteiger partial charge in [0.15, 0.2) is 0 Å². The highest BCUT2D eigenvalue weighted by Crippen LogP contribution is 2.20. The number of hydroxylamine groups is 1. The van der Waals surface area contributed by atoms with Gasteiger partial charge in [0.05, 0.1) is 12.0 Å². The minimum Gasteiger partial charge on any atom is -0.335 e. The van der Waals surface area contributed by atoms with Crippen LogP contribution in [-0.2, 0) is 21.4 Å². The number of rotatable bonds is 7. The first kappa shape index (κ1) is 20.4. The molecule has 26 heavy (non-hydrogen) atoms. The summed E-state index contributed by atoms with van der Waals surface area (Å²) in [7, 11) is -1.27. The number of carbonyl (C=O) groups is 1. The molecule has 0 aliphatic heterocycles. The number of amides is 1. The van der Waals surface area contributed by atoms with Crippen molar-refractivity contribution in [3.05, 3.63) is 64.7 Å². The standard InChI is InChI=1S/C18H21ClN2O4S/c1-4-21(13-15-8-5-6-11-17(15)19)18(22)14-9-7-10-16(12-14)26(23,24)20(2)25-3/h5-12H,4,13H2,1-3H3. The first-order valence-electron chi connectivity index (χ1n) is 7.97. The van der Waals surface area contributed by atoms with Crippen LogP contribution in [0.1, 0.15) is 22.8 Å². The Hall–Kier alpha value is -1.93. The van der Waals surface area contributed by atoms with Crippen LogP contribution in [-0.4, -0.2) is 44.4 Å². The molecule has 8 heteroatoms. The molecule has 0 saturated carbocycles. The number of hydrogen-bond donors (Lipinski definition) is 0. The third kappa shape index (κ3) is 4.42. The quantitative estimate of drug-likeness (QED) is 0.674. The Balaban J connectivity index is 2.31. The van der Waals surface area contributed by atoms with Crippen LogP contribution in [0.5, 0.6) is 0 Å². The van der Waals surface area contributed by atoms with E-state index >= 15 is 0 Å². The summed E-state index contributed by atoms with van der Waals surface area (Å²) in [4.78, 5) is 19.2. The van der Waals surface area contributed by atoms with Crippen molar-refractivity contribution < 1.29 is 18.0 Å². The molecule has 0 spiro atoms. The summed E-state index contributed by atoms with van der Waals surface area (Å²) in [5.74, 6) is -0.274. The summed E-state index contributed by atoms with van der Waals surface area (Å²) >= 11 is 6.18. The van der Waals surface area contributed by atoms with Gasteiger partial charge in [-0.2, -0.15) is 0 Å². The molecule has 0 fully saturated rings. The van der Waals surface area contributed by atoms with E-state index in [0.717, 1.165) is 10.0 Å². The third-order valence-electron chi connectivity index (χ3n) is 3.96. The van der Waals surface area contributed by atoms with Gasteiger partial charge >= 0.3 is 0 Å². The van der Waals surface area contributed by atoms with Crippen LogP contribution in [0.25, 0.3) is 0 Å². The zero-order chi connectivity index (χ0) is 19.3. The molecule has 0 heterocycles. The maximum atomic E-state index is 12.9. The number of nitrogens with zero attached hydrogens (tertiary/aromatic N) is 2. The highest BCUT2D eigenvalue weighted by Gasteiger charge is 2.23. The molecule has 0 N–H and O–H groups in total. The molecule has 6 nitrogen and oxygen atoms in total. The molecule has 2 aromatic rings. The lowest BCUT2D eigenvalue weighted by molar-refractivity contribution is -0.0258. The Morgan fingerprint density at radius 1 is 1.15 bits per heavy atom. The molecule has 0 aliphatic rings. The predicted molar refractivity (Wildman–Crippen MR) is 100 cm³/mol. The third-order valence-corrected chi connectivity index (χ3v) is 6.01. The largest absolute Gasteiger partial charge is 0.335 e. The zero-order valence-electron chi connectivity index (χ0n) is 14.8. The van der Waals surface area contributed by atoms with Crippen molar-refractivity contribution >= 4 is 27.5 Å². The Labute approximate surface area is 158 Å². The molecule has 0 radical (unpaired) electrons. The summed E-state index contributed by atoms with van der Waals surface area (Å²) in [6.07, 6.45) is 0. The van der Waals surface area contributed by atoms with E-state index in [2.05, 4.69) is 0 Å². The van der Waals surface area contributed by atoms with E-state index < -0.39 is 10.0 Å². The van der Waals surface area contributed by atoms with E-state index in [1.54, 1.807) is 17.0 Å². The molecule has 0 aromatic heterocycles. The van der Waals surface area contributed by atoms with Gasteiger partial charge in [0.25, 0.3) is 15.9 Å². The maximum Gasteiger partial charge on any atom is 0.264 e. The fourth-order valence-corrected chi connectivity index (χ4v) is 3.59. The number of hydrogen-bond acceptors (Lipinski definition) is 4. The van der Waals surface area contributed by atoms with Crippen LogP contribution < -0.4 is 0 Å². The first-order valence-corrected chi connectivity index (χ1v) is 9.78. The Morgan fingerprint density at radius 2 is 1.85 bits per heavy atom. The number of carbonyl (C=O) groups excluding carboxylic acids is 1. The topological polar surface area (TPSA) is 66.9 Å². The van der Waals surface area contributed by atoms with E-state index in [0.29, 0.717) is 18.1 Å². The van der Waals surface area contributed by atoms with E-state index in [-0.39, 0.29) is 16.4 Å². The van der Waals surface area contributed by atoms with Crippen molar-refractivity contribution in [2.45, 2.75) is 18.4 Å². The Morgan fingerprint density at radius 3 is 2.46 bits per heavy atom. The van der Waals surface area contributed by atoms with Crippen molar-refractivity contribution in [1.82, 2.24) is 9.37 Å². The second kappa shape index (κ2) is 8.64. The molecule has 0 aliphatic carbocycles. The molecule has 0 saturated heterocycles. The van der Waals surface area contributed by atoms with Crippen LogP contribution in [0, 0.1) is 0 Å². The van der Waals surface area contributed by atoms with Crippen molar-refractivity contribution in [3.63, 3.8) is 0 Å². The highest BCUT2D eigenvalue weighted by atomic mass is 35.5. The average molecular weight is 397 g/mol. The van der Waals surface area contributed by atoms with E-state index in [1.165, 1.54) is 32.4 Å². The molecule has 140 valence electrons. The first-order chi connectivity index (χ1) is 12.3. The van der Waals surface area contributed by atoms with Crippen LogP contribution in [0.2, 0.25) is 5.02 Å². The SMILES string of the molecule is CCN(Cc1ccccc1Cl)C(=O)c1cccc(S(=O)(=O)N(C)OC)c1. The molecular weight excluding hydrogens is 376 g/mol. The minimum atomic E-state index is -3.82. The highest BCUT2D eigenvalue weighted by molar-refractivity contribution is 7.89. The molecule has 0 bridgehead atoms. The predicted octanol–water partition coefficient (Wildman–Crippen LogP) is 3.18. The van der Waals surface area contributed by atoms with E-state index in [9.17, 15) is 13.2 Å². The summed E-state index contributed by atoms with van der Waals surface area (Å²) in [6, 6.07) is 13.2. The Bertz CT molecular complexity index is 886. The maximum absolute atomic E-state index is 12.9. The van der Waals surface area contributed by atoms with Crippen molar-refractivity contribution in [1.29, 1.82) is 0 Å². The van der Waals surface area contributed by atoms with Crippen molar-refractivity contribution in [2.24, 2.45) is 0 Å². The van der Waals surface area contributed by atoms with Gasteiger partial charge in [-0.05, 0) is 36.8 Å². The average Bonchev–Trinajstić information content (AvgIpc) is 2.66. The normalized spacial score (nSPS) is 11.6. The Kier molecular flexibility index (Phi) is 6.77. The number of benzene rings is 2. The van der Waals surface area contributed by atoms with Gasteiger partial charge in [-0.1, -0.05) is 40.3 Å². The molecule has 2 aromatic carbocycles. The van der Waals surface area contributed by atoms with Gasteiger partial charge in [0.2, 0.25) is 0 Å². The molecule has 1 amide bonds. The lowest BCUT2D eigenvalue weighted by Gasteiger charge is -2.22. The van der Waals surface area contributed by atoms with Crippen molar-refractivity contribution in [3.8, 4) is 0 Å².